The third-order valence-corrected chi connectivity index (χ3v) is 6.04. The Kier molecular flexibility index (Phi) is 9.26. The smallest absolute Gasteiger partial charge is 0.261 e. The van der Waals surface area contributed by atoms with E-state index in [1.54, 1.807) is 25.1 Å². The second-order valence-electron chi connectivity index (χ2n) is 7.47. The standard InChI is InChI=1S/C24H26Cl2N4O2S/c1-15(23(31)29-12-16-7-8-19(25)20(26)11-16)32-24-22(28-13-18(27)14-33)10-9-21(30-24)17-5-3-2-4-6-17/h2-11,15,18,28,33H,12-14,27H2,1H3,(H,29,31)/t15-,18?/m1/s1. The fourth-order valence-corrected chi connectivity index (χ4v) is 3.39. The minimum Gasteiger partial charge on any atom is -0.463 e. The molecule has 1 aromatic heterocycles. The summed E-state index contributed by atoms with van der Waals surface area (Å²) >= 11 is 16.2. The molecule has 1 heterocycles. The van der Waals surface area contributed by atoms with Crippen LogP contribution in [0.4, 0.5) is 5.69 Å². The Morgan fingerprint density at radius 3 is 2.58 bits per heavy atom. The summed E-state index contributed by atoms with van der Waals surface area (Å²) in [4.78, 5) is 17.3. The second-order valence-corrected chi connectivity index (χ2v) is 8.64. The number of nitrogens with two attached hydrogens (primary N) is 1. The van der Waals surface area contributed by atoms with Crippen LogP contribution in [-0.2, 0) is 11.3 Å². The van der Waals surface area contributed by atoms with Gasteiger partial charge in [0.15, 0.2) is 6.10 Å². The lowest BCUT2D eigenvalue weighted by Gasteiger charge is -2.19. The van der Waals surface area contributed by atoms with Gasteiger partial charge in [0.25, 0.3) is 5.91 Å². The number of hydrogen-bond acceptors (Lipinski definition) is 6. The first kappa shape index (κ1) is 25.2. The fraction of sp³-hybridized carbons (Fsp3) is 0.250. The molecule has 33 heavy (non-hydrogen) atoms. The van der Waals surface area contributed by atoms with Crippen molar-refractivity contribution in [3.05, 3.63) is 76.3 Å². The average molecular weight is 505 g/mol. The van der Waals surface area contributed by atoms with E-state index in [0.717, 1.165) is 16.8 Å². The van der Waals surface area contributed by atoms with E-state index in [9.17, 15) is 4.79 Å². The van der Waals surface area contributed by atoms with Gasteiger partial charge in [-0.25, -0.2) is 4.98 Å². The quantitative estimate of drug-likeness (QED) is 0.297. The molecule has 0 radical (unpaired) electrons. The van der Waals surface area contributed by atoms with Gasteiger partial charge in [-0.3, -0.25) is 4.79 Å². The van der Waals surface area contributed by atoms with Crippen LogP contribution in [0.3, 0.4) is 0 Å². The molecular formula is C24H26Cl2N4O2S. The lowest BCUT2D eigenvalue weighted by molar-refractivity contribution is -0.127. The third kappa shape index (κ3) is 7.27. The molecule has 9 heteroatoms. The van der Waals surface area contributed by atoms with E-state index in [1.165, 1.54) is 0 Å². The molecule has 174 valence electrons. The molecule has 1 unspecified atom stereocenters. The van der Waals surface area contributed by atoms with E-state index in [2.05, 4.69) is 28.2 Å². The van der Waals surface area contributed by atoms with Crippen molar-refractivity contribution in [1.82, 2.24) is 10.3 Å². The molecule has 0 fully saturated rings. The fourth-order valence-electron chi connectivity index (χ4n) is 2.94. The molecule has 0 aliphatic rings. The van der Waals surface area contributed by atoms with E-state index in [4.69, 9.17) is 33.7 Å². The van der Waals surface area contributed by atoms with Crippen LogP contribution in [0.5, 0.6) is 5.88 Å². The number of rotatable bonds is 10. The SMILES string of the molecule is C[C@@H](Oc1nc(-c2ccccc2)ccc1NCC(N)CS)C(=O)NCc1ccc(Cl)c(Cl)c1. The van der Waals surface area contributed by atoms with Crippen LogP contribution in [0, 0.1) is 0 Å². The Morgan fingerprint density at radius 1 is 1.12 bits per heavy atom. The number of carbonyl (C=O) groups excluding carboxylic acids is 1. The maximum atomic E-state index is 12.7. The summed E-state index contributed by atoms with van der Waals surface area (Å²) in [6, 6.07) is 18.6. The van der Waals surface area contributed by atoms with Crippen LogP contribution in [-0.4, -0.2) is 35.3 Å². The van der Waals surface area contributed by atoms with E-state index in [-0.39, 0.29) is 11.9 Å². The molecule has 0 saturated carbocycles. The van der Waals surface area contributed by atoms with Gasteiger partial charge in [0.2, 0.25) is 5.88 Å². The van der Waals surface area contributed by atoms with Gasteiger partial charge >= 0.3 is 0 Å². The maximum Gasteiger partial charge on any atom is 0.261 e. The van der Waals surface area contributed by atoms with Gasteiger partial charge in [-0.15, -0.1) is 0 Å². The summed E-state index contributed by atoms with van der Waals surface area (Å²) in [5.41, 5.74) is 9.13. The molecule has 0 aliphatic carbocycles. The summed E-state index contributed by atoms with van der Waals surface area (Å²) in [6.07, 6.45) is -0.787. The van der Waals surface area contributed by atoms with Crippen molar-refractivity contribution in [2.45, 2.75) is 25.6 Å². The zero-order chi connectivity index (χ0) is 23.8. The molecule has 0 aliphatic heterocycles. The number of carbonyl (C=O) groups is 1. The zero-order valence-corrected chi connectivity index (χ0v) is 20.5. The Hall–Kier alpha value is -2.45. The molecular weight excluding hydrogens is 479 g/mol. The molecule has 1 amide bonds. The number of pyridine rings is 1. The zero-order valence-electron chi connectivity index (χ0n) is 18.1. The monoisotopic (exact) mass is 504 g/mol. The summed E-state index contributed by atoms with van der Waals surface area (Å²) in [6.45, 7) is 2.46. The first-order valence-electron chi connectivity index (χ1n) is 10.4. The number of anilines is 1. The highest BCUT2D eigenvalue weighted by molar-refractivity contribution is 7.80. The van der Waals surface area contributed by atoms with Gasteiger partial charge in [0.05, 0.1) is 21.4 Å². The van der Waals surface area contributed by atoms with Crippen LogP contribution < -0.4 is 21.1 Å². The molecule has 6 nitrogen and oxygen atoms in total. The van der Waals surface area contributed by atoms with Crippen LogP contribution in [0.2, 0.25) is 10.0 Å². The van der Waals surface area contributed by atoms with Crippen LogP contribution in [0.1, 0.15) is 12.5 Å². The molecule has 3 rings (SSSR count). The van der Waals surface area contributed by atoms with E-state index in [0.29, 0.717) is 40.5 Å². The average Bonchev–Trinajstić information content (AvgIpc) is 2.83. The number of hydrogen-bond donors (Lipinski definition) is 4. The number of halogens is 2. The van der Waals surface area contributed by atoms with Crippen molar-refractivity contribution in [1.29, 1.82) is 0 Å². The van der Waals surface area contributed by atoms with Gasteiger partial charge in [0.1, 0.15) is 0 Å². The summed E-state index contributed by atoms with van der Waals surface area (Å²) < 4.78 is 5.97. The Labute approximate surface area is 209 Å². The maximum absolute atomic E-state index is 12.7. The van der Waals surface area contributed by atoms with Crippen molar-refractivity contribution < 1.29 is 9.53 Å². The molecule has 0 saturated heterocycles. The molecule has 0 spiro atoms. The first-order chi connectivity index (χ1) is 15.9. The summed E-state index contributed by atoms with van der Waals surface area (Å²) in [5.74, 6) is 0.567. The molecule has 0 bridgehead atoms. The van der Waals surface area contributed by atoms with Crippen LogP contribution >= 0.6 is 35.8 Å². The number of benzene rings is 2. The molecule has 4 N–H and O–H groups in total. The molecule has 2 aromatic carbocycles. The number of nitrogens with zero attached hydrogens (tertiary/aromatic N) is 1. The number of aromatic nitrogens is 1. The highest BCUT2D eigenvalue weighted by Crippen LogP contribution is 2.28. The number of nitrogens with one attached hydrogen (secondary N) is 2. The Morgan fingerprint density at radius 2 is 1.88 bits per heavy atom. The predicted octanol–water partition coefficient (Wildman–Crippen LogP) is 4.81. The van der Waals surface area contributed by atoms with Crippen molar-refractivity contribution in [3.8, 4) is 17.1 Å². The Balaban J connectivity index is 1.73. The van der Waals surface area contributed by atoms with Gasteiger partial charge in [0, 0.05) is 30.4 Å². The molecule has 2 atom stereocenters. The van der Waals surface area contributed by atoms with Gasteiger partial charge in [-0.1, -0.05) is 59.6 Å². The highest BCUT2D eigenvalue weighted by Gasteiger charge is 2.18. The Bertz CT molecular complexity index is 1090. The molecule has 3 aromatic rings. The normalized spacial score (nSPS) is 12.6. The van der Waals surface area contributed by atoms with Crippen LogP contribution in [0.15, 0.2) is 60.7 Å². The topological polar surface area (TPSA) is 89.3 Å². The van der Waals surface area contributed by atoms with Gasteiger partial charge in [-0.05, 0) is 36.8 Å². The predicted molar refractivity (Wildman–Crippen MR) is 138 cm³/mol. The van der Waals surface area contributed by atoms with Crippen molar-refractivity contribution >= 4 is 47.4 Å². The largest absolute Gasteiger partial charge is 0.463 e. The highest BCUT2D eigenvalue weighted by atomic mass is 35.5. The number of thiol groups is 1. The van der Waals surface area contributed by atoms with Crippen molar-refractivity contribution in [3.63, 3.8) is 0 Å². The number of amides is 1. The number of ether oxygens (including phenoxy) is 1. The summed E-state index contributed by atoms with van der Waals surface area (Å²) in [7, 11) is 0. The van der Waals surface area contributed by atoms with Crippen molar-refractivity contribution in [2.75, 3.05) is 17.6 Å². The van der Waals surface area contributed by atoms with E-state index in [1.807, 2.05) is 42.5 Å². The first-order valence-corrected chi connectivity index (χ1v) is 11.8. The lowest BCUT2D eigenvalue weighted by atomic mass is 10.1. The minimum atomic E-state index is -0.787. The minimum absolute atomic E-state index is 0.137. The van der Waals surface area contributed by atoms with Gasteiger partial charge in [-0.2, -0.15) is 12.6 Å². The lowest BCUT2D eigenvalue weighted by Crippen LogP contribution is -2.36. The van der Waals surface area contributed by atoms with Gasteiger partial charge < -0.3 is 21.1 Å². The van der Waals surface area contributed by atoms with E-state index < -0.39 is 6.10 Å². The van der Waals surface area contributed by atoms with Crippen LogP contribution in [0.25, 0.3) is 11.3 Å². The van der Waals surface area contributed by atoms with E-state index >= 15 is 0 Å². The van der Waals surface area contributed by atoms with Crippen molar-refractivity contribution in [2.24, 2.45) is 5.73 Å². The second kappa shape index (κ2) is 12.1. The summed E-state index contributed by atoms with van der Waals surface area (Å²) in [5, 5.41) is 6.98. The third-order valence-electron chi connectivity index (χ3n) is 4.83.